The van der Waals surface area contributed by atoms with Gasteiger partial charge in [0.15, 0.2) is 0 Å². The fraction of sp³-hybridized carbons (Fsp3) is 0.250. The first-order valence-electron chi connectivity index (χ1n) is 6.80. The Hall–Kier alpha value is -1.87. The molecule has 3 rings (SSSR count). The molecule has 0 spiro atoms. The lowest BCUT2D eigenvalue weighted by atomic mass is 9.96. The van der Waals surface area contributed by atoms with Crippen molar-refractivity contribution >= 4 is 23.0 Å². The Morgan fingerprint density at radius 2 is 2.05 bits per heavy atom. The summed E-state index contributed by atoms with van der Waals surface area (Å²) < 4.78 is 0. The molecule has 3 nitrogen and oxygen atoms in total. The Morgan fingerprint density at radius 1 is 1.25 bits per heavy atom. The molecule has 1 aromatic heterocycles. The third-order valence-electron chi connectivity index (χ3n) is 3.58. The van der Waals surface area contributed by atoms with Gasteiger partial charge in [0.2, 0.25) is 0 Å². The highest BCUT2D eigenvalue weighted by Crippen LogP contribution is 2.27. The second kappa shape index (κ2) is 5.63. The number of halogens is 1. The number of nitrogens with zero attached hydrogens (tertiary/aromatic N) is 3. The van der Waals surface area contributed by atoms with E-state index in [4.69, 9.17) is 16.7 Å². The van der Waals surface area contributed by atoms with Crippen LogP contribution < -0.4 is 5.01 Å². The molecule has 0 saturated heterocycles. The molecule has 4 heteroatoms. The second-order valence-electron chi connectivity index (χ2n) is 4.89. The molecule has 102 valence electrons. The lowest BCUT2D eigenvalue weighted by molar-refractivity contribution is 0.684. The summed E-state index contributed by atoms with van der Waals surface area (Å²) in [6.45, 7) is 3.10. The van der Waals surface area contributed by atoms with Gasteiger partial charge in [-0.25, -0.2) is 0 Å². The molecule has 0 N–H and O–H groups in total. The predicted molar refractivity (Wildman–Crippen MR) is 83.4 cm³/mol. The van der Waals surface area contributed by atoms with Crippen molar-refractivity contribution in [3.63, 3.8) is 0 Å². The highest BCUT2D eigenvalue weighted by Gasteiger charge is 2.27. The lowest BCUT2D eigenvalue weighted by Crippen LogP contribution is -2.19. The maximum absolute atomic E-state index is 5.94. The number of hydrogen-bond acceptors (Lipinski definition) is 3. The van der Waals surface area contributed by atoms with Gasteiger partial charge in [-0.3, -0.25) is 9.99 Å². The van der Waals surface area contributed by atoms with E-state index in [9.17, 15) is 0 Å². The minimum Gasteiger partial charge on any atom is -0.265 e. The van der Waals surface area contributed by atoms with Gasteiger partial charge in [0.1, 0.15) is 0 Å². The Labute approximate surface area is 123 Å². The molecule has 1 atom stereocenters. The van der Waals surface area contributed by atoms with Gasteiger partial charge >= 0.3 is 0 Å². The molecule has 0 aliphatic carbocycles. The van der Waals surface area contributed by atoms with E-state index >= 15 is 0 Å². The Bertz CT molecular complexity index is 607. The van der Waals surface area contributed by atoms with Crippen LogP contribution in [0.5, 0.6) is 0 Å². The van der Waals surface area contributed by atoms with Crippen LogP contribution in [0.25, 0.3) is 0 Å². The average Bonchev–Trinajstić information content (AvgIpc) is 2.93. The van der Waals surface area contributed by atoms with Crippen molar-refractivity contribution in [2.75, 3.05) is 11.6 Å². The van der Waals surface area contributed by atoms with Crippen molar-refractivity contribution in [3.05, 3.63) is 59.4 Å². The van der Waals surface area contributed by atoms with Gasteiger partial charge in [-0.15, -0.1) is 0 Å². The van der Waals surface area contributed by atoms with Gasteiger partial charge in [0.05, 0.1) is 17.9 Å². The highest BCUT2D eigenvalue weighted by atomic mass is 35.5. The largest absolute Gasteiger partial charge is 0.265 e. The second-order valence-corrected chi connectivity index (χ2v) is 5.33. The van der Waals surface area contributed by atoms with Gasteiger partial charge in [0, 0.05) is 28.9 Å². The average molecular weight is 286 g/mol. The smallest absolute Gasteiger partial charge is 0.0746 e. The number of benzene rings is 1. The summed E-state index contributed by atoms with van der Waals surface area (Å²) in [5.74, 6) is 0.440. The van der Waals surface area contributed by atoms with E-state index in [1.807, 2.05) is 41.5 Å². The Kier molecular flexibility index (Phi) is 3.70. The molecule has 20 heavy (non-hydrogen) atoms. The summed E-state index contributed by atoms with van der Waals surface area (Å²) in [6, 6.07) is 11.8. The van der Waals surface area contributed by atoms with Crippen LogP contribution in [0.1, 0.15) is 18.9 Å². The summed E-state index contributed by atoms with van der Waals surface area (Å²) in [6.07, 6.45) is 4.74. The fourth-order valence-corrected chi connectivity index (χ4v) is 2.58. The SMILES string of the molecule is CCC1CN(c2ccc(Cl)cc2)N=C1c1cccnc1. The van der Waals surface area contributed by atoms with E-state index in [0.717, 1.165) is 35.0 Å². The lowest BCUT2D eigenvalue weighted by Gasteiger charge is -2.15. The number of rotatable bonds is 3. The third kappa shape index (κ3) is 2.54. The normalized spacial score (nSPS) is 18.2. The van der Waals surface area contributed by atoms with Crippen LogP contribution in [0.2, 0.25) is 5.02 Å². The first-order chi connectivity index (χ1) is 9.78. The van der Waals surface area contributed by atoms with E-state index in [1.165, 1.54) is 0 Å². The molecule has 1 aromatic carbocycles. The molecule has 2 heterocycles. The van der Waals surface area contributed by atoms with Crippen molar-refractivity contribution in [2.24, 2.45) is 11.0 Å². The predicted octanol–water partition coefficient (Wildman–Crippen LogP) is 3.99. The summed E-state index contributed by atoms with van der Waals surface area (Å²) >= 11 is 5.94. The van der Waals surface area contributed by atoms with Crippen LogP contribution in [0.3, 0.4) is 0 Å². The monoisotopic (exact) mass is 285 g/mol. The van der Waals surface area contributed by atoms with Gasteiger partial charge in [-0.2, -0.15) is 5.10 Å². The molecule has 0 fully saturated rings. The summed E-state index contributed by atoms with van der Waals surface area (Å²) in [5.41, 5.74) is 3.30. The maximum Gasteiger partial charge on any atom is 0.0746 e. The summed E-state index contributed by atoms with van der Waals surface area (Å²) in [4.78, 5) is 4.19. The molecule has 0 amide bonds. The fourth-order valence-electron chi connectivity index (χ4n) is 2.45. The van der Waals surface area contributed by atoms with Crippen LogP contribution in [-0.4, -0.2) is 17.2 Å². The zero-order chi connectivity index (χ0) is 13.9. The topological polar surface area (TPSA) is 28.5 Å². The van der Waals surface area contributed by atoms with Crippen LogP contribution in [0.4, 0.5) is 5.69 Å². The van der Waals surface area contributed by atoms with Crippen LogP contribution in [0.15, 0.2) is 53.9 Å². The zero-order valence-electron chi connectivity index (χ0n) is 11.3. The quantitative estimate of drug-likeness (QED) is 0.853. The number of hydrazone groups is 1. The third-order valence-corrected chi connectivity index (χ3v) is 3.84. The highest BCUT2D eigenvalue weighted by molar-refractivity contribution is 6.30. The van der Waals surface area contributed by atoms with Crippen LogP contribution in [-0.2, 0) is 0 Å². The van der Waals surface area contributed by atoms with Crippen molar-refractivity contribution in [3.8, 4) is 0 Å². The zero-order valence-corrected chi connectivity index (χ0v) is 12.1. The Morgan fingerprint density at radius 3 is 2.70 bits per heavy atom. The van der Waals surface area contributed by atoms with E-state index in [0.29, 0.717) is 5.92 Å². The van der Waals surface area contributed by atoms with E-state index in [-0.39, 0.29) is 0 Å². The molecule has 0 bridgehead atoms. The molecule has 1 aliphatic rings. The summed E-state index contributed by atoms with van der Waals surface area (Å²) in [7, 11) is 0. The minimum absolute atomic E-state index is 0.440. The van der Waals surface area contributed by atoms with E-state index in [2.05, 4.69) is 18.0 Å². The van der Waals surface area contributed by atoms with Crippen LogP contribution in [0, 0.1) is 5.92 Å². The van der Waals surface area contributed by atoms with Crippen LogP contribution >= 0.6 is 11.6 Å². The van der Waals surface area contributed by atoms with Gasteiger partial charge in [-0.05, 0) is 42.8 Å². The van der Waals surface area contributed by atoms with Gasteiger partial charge in [0.25, 0.3) is 0 Å². The number of pyridine rings is 1. The van der Waals surface area contributed by atoms with E-state index in [1.54, 1.807) is 6.20 Å². The number of hydrogen-bond donors (Lipinski definition) is 0. The first-order valence-corrected chi connectivity index (χ1v) is 7.17. The molecule has 1 unspecified atom stereocenters. The van der Waals surface area contributed by atoms with Gasteiger partial charge < -0.3 is 0 Å². The summed E-state index contributed by atoms with van der Waals surface area (Å²) in [5, 5.41) is 7.57. The van der Waals surface area contributed by atoms with Crippen molar-refractivity contribution in [1.82, 2.24) is 4.98 Å². The standard InChI is InChI=1S/C16H16ClN3/c1-2-12-11-20(15-7-5-14(17)6-8-15)19-16(12)13-4-3-9-18-10-13/h3-10,12H,2,11H2,1H3. The maximum atomic E-state index is 5.94. The van der Waals surface area contributed by atoms with Crippen molar-refractivity contribution in [1.29, 1.82) is 0 Å². The molecule has 1 aliphatic heterocycles. The molecule has 0 radical (unpaired) electrons. The van der Waals surface area contributed by atoms with Crippen molar-refractivity contribution in [2.45, 2.75) is 13.3 Å². The first kappa shape index (κ1) is 13.1. The van der Waals surface area contributed by atoms with E-state index < -0.39 is 0 Å². The Balaban J connectivity index is 1.92. The molecular weight excluding hydrogens is 270 g/mol. The number of aromatic nitrogens is 1. The molecule has 0 saturated carbocycles. The van der Waals surface area contributed by atoms with Gasteiger partial charge in [-0.1, -0.05) is 18.5 Å². The minimum atomic E-state index is 0.440. The molecule has 2 aromatic rings. The molecular formula is C16H16ClN3. The number of anilines is 1. The van der Waals surface area contributed by atoms with Crippen molar-refractivity contribution < 1.29 is 0 Å².